The summed E-state index contributed by atoms with van der Waals surface area (Å²) in [5, 5.41) is 20.3. The summed E-state index contributed by atoms with van der Waals surface area (Å²) >= 11 is 0. The van der Waals surface area contributed by atoms with E-state index in [9.17, 15) is 0 Å². The monoisotopic (exact) mass is 266 g/mol. The van der Waals surface area contributed by atoms with E-state index in [1.54, 1.807) is 6.20 Å². The molecule has 0 fully saturated rings. The van der Waals surface area contributed by atoms with Crippen LogP contribution in [0.4, 0.5) is 0 Å². The molecule has 0 bridgehead atoms. The van der Waals surface area contributed by atoms with Crippen LogP contribution >= 0.6 is 0 Å². The zero-order chi connectivity index (χ0) is 13.9. The maximum atomic E-state index is 9.07. The molecular formula is C16H14N2O2. The lowest BCUT2D eigenvalue weighted by Crippen LogP contribution is -1.69. The Kier molecular flexibility index (Phi) is 3.05. The molecule has 0 radical (unpaired) electrons. The molecule has 2 heterocycles. The molecule has 4 rings (SSSR count). The molecule has 0 spiro atoms. The van der Waals surface area contributed by atoms with Gasteiger partial charge in [0.25, 0.3) is 0 Å². The van der Waals surface area contributed by atoms with Crippen molar-refractivity contribution in [1.29, 1.82) is 0 Å². The normalized spacial score (nSPS) is 10.4. The molecule has 0 aliphatic rings. The summed E-state index contributed by atoms with van der Waals surface area (Å²) in [6.07, 6.45) is 3.70. The van der Waals surface area contributed by atoms with Gasteiger partial charge in [-0.2, -0.15) is 0 Å². The number of para-hydroxylation sites is 1. The molecule has 4 aromatic rings. The minimum atomic E-state index is -0.0973. The van der Waals surface area contributed by atoms with Gasteiger partial charge in [-0.15, -0.1) is 0 Å². The Labute approximate surface area is 115 Å². The Morgan fingerprint density at radius 3 is 2.10 bits per heavy atom. The van der Waals surface area contributed by atoms with Gasteiger partial charge in [-0.25, -0.2) is 0 Å². The number of phenols is 2. The van der Waals surface area contributed by atoms with Gasteiger partial charge >= 0.3 is 0 Å². The minimum absolute atomic E-state index is 0.0860. The van der Waals surface area contributed by atoms with Gasteiger partial charge in [0.05, 0.1) is 0 Å². The van der Waals surface area contributed by atoms with Crippen LogP contribution in [0.1, 0.15) is 0 Å². The highest BCUT2D eigenvalue weighted by Crippen LogP contribution is 2.28. The van der Waals surface area contributed by atoms with Gasteiger partial charge in [-0.3, -0.25) is 0 Å². The van der Waals surface area contributed by atoms with Crippen molar-refractivity contribution in [3.63, 3.8) is 0 Å². The molecule has 4 N–H and O–H groups in total. The average Bonchev–Trinajstić information content (AvgIpc) is 3.08. The van der Waals surface area contributed by atoms with E-state index in [2.05, 4.69) is 28.2 Å². The molecule has 2 aromatic carbocycles. The van der Waals surface area contributed by atoms with Crippen LogP contribution in [-0.2, 0) is 0 Å². The molecule has 0 unspecified atom stereocenters. The van der Waals surface area contributed by atoms with Crippen LogP contribution < -0.4 is 0 Å². The third kappa shape index (κ3) is 2.31. The predicted octanol–water partition coefficient (Wildman–Crippen LogP) is 3.75. The highest BCUT2D eigenvalue weighted by Gasteiger charge is 2.01. The number of benzene rings is 2. The third-order valence-electron chi connectivity index (χ3n) is 3.11. The van der Waals surface area contributed by atoms with Crippen molar-refractivity contribution in [2.24, 2.45) is 0 Å². The van der Waals surface area contributed by atoms with Crippen molar-refractivity contribution in [2.45, 2.75) is 0 Å². The Morgan fingerprint density at radius 2 is 1.30 bits per heavy atom. The fourth-order valence-corrected chi connectivity index (χ4v) is 2.07. The largest absolute Gasteiger partial charge is 0.504 e. The Hall–Kier alpha value is -2.88. The number of rotatable bonds is 0. The van der Waals surface area contributed by atoms with E-state index in [1.807, 2.05) is 24.4 Å². The van der Waals surface area contributed by atoms with E-state index < -0.39 is 0 Å². The van der Waals surface area contributed by atoms with Gasteiger partial charge in [0.2, 0.25) is 0 Å². The first-order chi connectivity index (χ1) is 9.74. The number of hydrogen-bond donors (Lipinski definition) is 4. The number of aromatic nitrogens is 2. The van der Waals surface area contributed by atoms with Crippen LogP contribution in [0.3, 0.4) is 0 Å². The first kappa shape index (κ1) is 12.2. The van der Waals surface area contributed by atoms with Crippen LogP contribution in [0.25, 0.3) is 21.8 Å². The lowest BCUT2D eigenvalue weighted by Gasteiger charge is -1.95. The van der Waals surface area contributed by atoms with Crippen LogP contribution in [0.15, 0.2) is 60.9 Å². The lowest BCUT2D eigenvalue weighted by molar-refractivity contribution is 0.405. The number of phenolic OH excluding ortho intramolecular Hbond substituents is 2. The standard InChI is InChI=1S/C8H7NO2.C8H7N/c10-7-3-5-1-2-9-6(5)4-8(7)11;1-2-4-8-7(3-1)5-6-9-8/h1-4,9-11H;1-6,9H. The maximum Gasteiger partial charge on any atom is 0.159 e. The zero-order valence-corrected chi connectivity index (χ0v) is 10.7. The molecule has 0 atom stereocenters. The lowest BCUT2D eigenvalue weighted by atomic mass is 10.2. The van der Waals surface area contributed by atoms with Gasteiger partial charge in [0, 0.05) is 34.9 Å². The summed E-state index contributed by atoms with van der Waals surface area (Å²) in [6, 6.07) is 15.1. The fourth-order valence-electron chi connectivity index (χ4n) is 2.07. The van der Waals surface area contributed by atoms with Crippen molar-refractivity contribution >= 4 is 21.8 Å². The molecule has 2 aromatic heterocycles. The number of aromatic hydroxyl groups is 2. The number of H-pyrrole nitrogens is 2. The molecule has 0 amide bonds. The number of aromatic amines is 2. The van der Waals surface area contributed by atoms with Crippen molar-refractivity contribution in [3.8, 4) is 11.5 Å². The van der Waals surface area contributed by atoms with Gasteiger partial charge < -0.3 is 20.2 Å². The van der Waals surface area contributed by atoms with Crippen LogP contribution in [0.2, 0.25) is 0 Å². The molecule has 0 aliphatic carbocycles. The highest BCUT2D eigenvalue weighted by atomic mass is 16.3. The summed E-state index contributed by atoms with van der Waals surface area (Å²) < 4.78 is 0. The topological polar surface area (TPSA) is 72.0 Å². The Balaban J connectivity index is 0.000000123. The van der Waals surface area contributed by atoms with Crippen molar-refractivity contribution in [1.82, 2.24) is 9.97 Å². The average molecular weight is 266 g/mol. The maximum absolute atomic E-state index is 9.07. The van der Waals surface area contributed by atoms with Gasteiger partial charge in [0.15, 0.2) is 11.5 Å². The Bertz CT molecular complexity index is 780. The van der Waals surface area contributed by atoms with E-state index in [-0.39, 0.29) is 11.5 Å². The first-order valence-corrected chi connectivity index (χ1v) is 6.25. The predicted molar refractivity (Wildman–Crippen MR) is 79.9 cm³/mol. The van der Waals surface area contributed by atoms with Crippen molar-refractivity contribution in [3.05, 3.63) is 60.9 Å². The quantitative estimate of drug-likeness (QED) is 0.366. The smallest absolute Gasteiger partial charge is 0.159 e. The van der Waals surface area contributed by atoms with E-state index in [0.29, 0.717) is 0 Å². The summed E-state index contributed by atoms with van der Waals surface area (Å²) in [4.78, 5) is 6.04. The van der Waals surface area contributed by atoms with Crippen LogP contribution in [0.5, 0.6) is 11.5 Å². The molecule has 100 valence electrons. The highest BCUT2D eigenvalue weighted by molar-refractivity contribution is 5.82. The Morgan fingerprint density at radius 1 is 0.650 bits per heavy atom. The molecule has 0 aliphatic heterocycles. The molecule has 0 saturated carbocycles. The summed E-state index contributed by atoms with van der Waals surface area (Å²) in [6.45, 7) is 0. The van der Waals surface area contributed by atoms with Gasteiger partial charge in [0.1, 0.15) is 0 Å². The molecule has 4 nitrogen and oxygen atoms in total. The van der Waals surface area contributed by atoms with E-state index >= 15 is 0 Å². The van der Waals surface area contributed by atoms with Crippen molar-refractivity contribution in [2.75, 3.05) is 0 Å². The van der Waals surface area contributed by atoms with Crippen LogP contribution in [0, 0.1) is 0 Å². The SMILES string of the molecule is Oc1cc2cc[nH]c2cc1O.c1ccc2[nH]ccc2c1. The second-order valence-corrected chi connectivity index (χ2v) is 4.47. The number of nitrogens with one attached hydrogen (secondary N) is 2. The van der Waals surface area contributed by atoms with Gasteiger partial charge in [-0.05, 0) is 29.7 Å². The van der Waals surface area contributed by atoms with E-state index in [1.165, 1.54) is 23.0 Å². The number of hydrogen-bond acceptors (Lipinski definition) is 2. The van der Waals surface area contributed by atoms with Crippen molar-refractivity contribution < 1.29 is 10.2 Å². The third-order valence-corrected chi connectivity index (χ3v) is 3.11. The van der Waals surface area contributed by atoms with Crippen LogP contribution in [-0.4, -0.2) is 20.2 Å². The van der Waals surface area contributed by atoms with E-state index in [0.717, 1.165) is 10.9 Å². The summed E-state index contributed by atoms with van der Waals surface area (Å²) in [7, 11) is 0. The van der Waals surface area contributed by atoms with Gasteiger partial charge in [-0.1, -0.05) is 18.2 Å². The molecule has 20 heavy (non-hydrogen) atoms. The fraction of sp³-hybridized carbons (Fsp3) is 0. The second kappa shape index (κ2) is 5.01. The second-order valence-electron chi connectivity index (χ2n) is 4.47. The minimum Gasteiger partial charge on any atom is -0.504 e. The summed E-state index contributed by atoms with van der Waals surface area (Å²) in [5.74, 6) is -0.183. The zero-order valence-electron chi connectivity index (χ0n) is 10.7. The number of fused-ring (bicyclic) bond motifs is 2. The first-order valence-electron chi connectivity index (χ1n) is 6.25. The molecule has 0 saturated heterocycles. The van der Waals surface area contributed by atoms with E-state index in [4.69, 9.17) is 10.2 Å². The summed E-state index contributed by atoms with van der Waals surface area (Å²) in [5.41, 5.74) is 2.03. The molecule has 4 heteroatoms. The molecular weight excluding hydrogens is 252 g/mol.